The fourth-order valence-electron chi connectivity index (χ4n) is 2.27. The van der Waals surface area contributed by atoms with Gasteiger partial charge in [0.15, 0.2) is 5.78 Å². The normalized spacial score (nSPS) is 12.9. The molecule has 1 N–H and O–H groups in total. The minimum absolute atomic E-state index is 0.00344. The maximum atomic E-state index is 12.2. The molecule has 0 aliphatic rings. The van der Waals surface area contributed by atoms with E-state index in [2.05, 4.69) is 43.4 Å². The molecule has 0 spiro atoms. The smallest absolute Gasteiger partial charge is 0.152 e. The Bertz CT molecular complexity index is 370. The van der Waals surface area contributed by atoms with Crippen LogP contribution in [0.4, 0.5) is 0 Å². The lowest BCUT2D eigenvalue weighted by Crippen LogP contribution is -2.42. The first-order valence-corrected chi connectivity index (χ1v) is 7.34. The van der Waals surface area contributed by atoms with E-state index >= 15 is 0 Å². The molecule has 0 saturated heterocycles. The highest BCUT2D eigenvalue weighted by molar-refractivity contribution is 5.85. The molecule has 0 saturated carbocycles. The van der Waals surface area contributed by atoms with Gasteiger partial charge in [0.2, 0.25) is 0 Å². The summed E-state index contributed by atoms with van der Waals surface area (Å²) >= 11 is 0. The van der Waals surface area contributed by atoms with Gasteiger partial charge in [-0.15, -0.1) is 0 Å². The first kappa shape index (κ1) is 15.9. The van der Waals surface area contributed by atoms with Gasteiger partial charge in [-0.3, -0.25) is 4.79 Å². The number of carbonyl (C=O) groups is 1. The Hall–Kier alpha value is -1.15. The molecule has 2 nitrogen and oxygen atoms in total. The second kappa shape index (κ2) is 8.11. The summed E-state index contributed by atoms with van der Waals surface area (Å²) < 4.78 is 0. The molecule has 0 aliphatic heterocycles. The SMILES string of the molecule is CC(C)NC(CCCc1ccccc1)C(=O)C(C)C. The summed E-state index contributed by atoms with van der Waals surface area (Å²) in [5.74, 6) is 0.440. The van der Waals surface area contributed by atoms with Gasteiger partial charge < -0.3 is 5.32 Å². The van der Waals surface area contributed by atoms with Crippen molar-refractivity contribution in [1.82, 2.24) is 5.32 Å². The highest BCUT2D eigenvalue weighted by Gasteiger charge is 2.21. The average molecular weight is 261 g/mol. The van der Waals surface area contributed by atoms with E-state index in [1.54, 1.807) is 0 Å². The van der Waals surface area contributed by atoms with Crippen LogP contribution in [0, 0.1) is 5.92 Å². The van der Waals surface area contributed by atoms with Crippen LogP contribution in [0.3, 0.4) is 0 Å². The molecule has 0 heterocycles. The minimum Gasteiger partial charge on any atom is -0.305 e. The zero-order valence-corrected chi connectivity index (χ0v) is 12.6. The molecule has 0 fully saturated rings. The number of nitrogens with one attached hydrogen (secondary N) is 1. The maximum Gasteiger partial charge on any atom is 0.152 e. The number of hydrogen-bond acceptors (Lipinski definition) is 2. The molecule has 0 bridgehead atoms. The Balaban J connectivity index is 2.46. The van der Waals surface area contributed by atoms with E-state index in [1.165, 1.54) is 5.56 Å². The second-order valence-corrected chi connectivity index (χ2v) is 5.81. The van der Waals surface area contributed by atoms with Crippen molar-refractivity contribution in [2.75, 3.05) is 0 Å². The molecule has 1 atom stereocenters. The molecule has 1 aromatic rings. The van der Waals surface area contributed by atoms with Crippen LogP contribution >= 0.6 is 0 Å². The van der Waals surface area contributed by atoms with Crippen molar-refractivity contribution in [2.24, 2.45) is 5.92 Å². The predicted molar refractivity (Wildman–Crippen MR) is 81.3 cm³/mol. The van der Waals surface area contributed by atoms with Crippen molar-refractivity contribution in [3.8, 4) is 0 Å². The predicted octanol–water partition coefficient (Wildman–Crippen LogP) is 3.60. The van der Waals surface area contributed by atoms with E-state index in [9.17, 15) is 4.79 Å². The number of hydrogen-bond donors (Lipinski definition) is 1. The highest BCUT2D eigenvalue weighted by atomic mass is 16.1. The molecule has 0 aromatic heterocycles. The van der Waals surface area contributed by atoms with Crippen molar-refractivity contribution in [2.45, 2.75) is 59.0 Å². The van der Waals surface area contributed by atoms with Crippen LogP contribution in [-0.4, -0.2) is 17.9 Å². The first-order valence-electron chi connectivity index (χ1n) is 7.34. The summed E-state index contributed by atoms with van der Waals surface area (Å²) in [5.41, 5.74) is 1.35. The summed E-state index contributed by atoms with van der Waals surface area (Å²) in [5, 5.41) is 3.40. The van der Waals surface area contributed by atoms with Gasteiger partial charge in [0.1, 0.15) is 0 Å². The highest BCUT2D eigenvalue weighted by Crippen LogP contribution is 2.11. The van der Waals surface area contributed by atoms with E-state index in [0.717, 1.165) is 19.3 Å². The third-order valence-electron chi connectivity index (χ3n) is 3.25. The summed E-state index contributed by atoms with van der Waals surface area (Å²) in [6, 6.07) is 10.8. The fraction of sp³-hybridized carbons (Fsp3) is 0.588. The van der Waals surface area contributed by atoms with E-state index in [4.69, 9.17) is 0 Å². The van der Waals surface area contributed by atoms with Gasteiger partial charge in [-0.2, -0.15) is 0 Å². The van der Waals surface area contributed by atoms with Crippen molar-refractivity contribution < 1.29 is 4.79 Å². The molecular formula is C17H27NO. The molecule has 1 unspecified atom stereocenters. The Morgan fingerprint density at radius 1 is 1.11 bits per heavy atom. The number of rotatable bonds is 8. The van der Waals surface area contributed by atoms with Gasteiger partial charge in [-0.05, 0) is 24.8 Å². The summed E-state index contributed by atoms with van der Waals surface area (Å²) in [7, 11) is 0. The van der Waals surface area contributed by atoms with Gasteiger partial charge >= 0.3 is 0 Å². The Morgan fingerprint density at radius 2 is 1.74 bits per heavy atom. The fourth-order valence-corrected chi connectivity index (χ4v) is 2.27. The van der Waals surface area contributed by atoms with E-state index < -0.39 is 0 Å². The Labute approximate surface area is 117 Å². The number of ketones is 1. The quantitative estimate of drug-likeness (QED) is 0.774. The zero-order valence-electron chi connectivity index (χ0n) is 12.6. The average Bonchev–Trinajstić information content (AvgIpc) is 2.37. The van der Waals surface area contributed by atoms with Crippen LogP contribution < -0.4 is 5.32 Å². The van der Waals surface area contributed by atoms with Crippen molar-refractivity contribution >= 4 is 5.78 Å². The van der Waals surface area contributed by atoms with Crippen LogP contribution in [0.15, 0.2) is 30.3 Å². The molecule has 106 valence electrons. The molecule has 0 radical (unpaired) electrons. The largest absolute Gasteiger partial charge is 0.305 e. The molecule has 19 heavy (non-hydrogen) atoms. The minimum atomic E-state index is 0.00344. The van der Waals surface area contributed by atoms with Crippen molar-refractivity contribution in [3.63, 3.8) is 0 Å². The summed E-state index contributed by atoms with van der Waals surface area (Å²) in [6.07, 6.45) is 3.01. The monoisotopic (exact) mass is 261 g/mol. The van der Waals surface area contributed by atoms with Crippen LogP contribution in [0.2, 0.25) is 0 Å². The molecule has 2 heteroatoms. The third kappa shape index (κ3) is 6.02. The van der Waals surface area contributed by atoms with Gasteiger partial charge in [0, 0.05) is 12.0 Å². The van der Waals surface area contributed by atoms with Crippen LogP contribution in [0.5, 0.6) is 0 Å². The summed E-state index contributed by atoms with van der Waals surface area (Å²) in [4.78, 5) is 12.2. The second-order valence-electron chi connectivity index (χ2n) is 5.81. The van der Waals surface area contributed by atoms with Gasteiger partial charge in [-0.25, -0.2) is 0 Å². The lowest BCUT2D eigenvalue weighted by atomic mass is 9.95. The first-order chi connectivity index (χ1) is 9.00. The molecule has 0 amide bonds. The molecule has 1 rings (SSSR count). The van der Waals surface area contributed by atoms with Crippen LogP contribution in [0.25, 0.3) is 0 Å². The van der Waals surface area contributed by atoms with Crippen LogP contribution in [0.1, 0.15) is 46.1 Å². The zero-order chi connectivity index (χ0) is 14.3. The standard InChI is InChI=1S/C17H27NO/c1-13(2)17(19)16(18-14(3)4)12-8-11-15-9-6-5-7-10-15/h5-7,9-10,13-14,16,18H,8,11-12H2,1-4H3. The van der Waals surface area contributed by atoms with Gasteiger partial charge in [0.05, 0.1) is 6.04 Å². The Morgan fingerprint density at radius 3 is 2.26 bits per heavy atom. The summed E-state index contributed by atoms with van der Waals surface area (Å²) in [6.45, 7) is 8.15. The van der Waals surface area contributed by atoms with E-state index in [1.807, 2.05) is 19.9 Å². The Kier molecular flexibility index (Phi) is 6.79. The lowest BCUT2D eigenvalue weighted by molar-refractivity contribution is -0.124. The van der Waals surface area contributed by atoms with E-state index in [0.29, 0.717) is 11.8 Å². The van der Waals surface area contributed by atoms with Crippen LogP contribution in [-0.2, 0) is 11.2 Å². The topological polar surface area (TPSA) is 29.1 Å². The third-order valence-corrected chi connectivity index (χ3v) is 3.25. The van der Waals surface area contributed by atoms with Crippen molar-refractivity contribution in [3.05, 3.63) is 35.9 Å². The number of carbonyl (C=O) groups excluding carboxylic acids is 1. The molecule has 0 aliphatic carbocycles. The maximum absolute atomic E-state index is 12.2. The lowest BCUT2D eigenvalue weighted by Gasteiger charge is -2.22. The number of benzene rings is 1. The molecule has 1 aromatic carbocycles. The van der Waals surface area contributed by atoms with Gasteiger partial charge in [0.25, 0.3) is 0 Å². The van der Waals surface area contributed by atoms with E-state index in [-0.39, 0.29) is 12.0 Å². The number of aryl methyl sites for hydroxylation is 1. The molecular weight excluding hydrogens is 234 g/mol. The van der Waals surface area contributed by atoms with Crippen molar-refractivity contribution in [1.29, 1.82) is 0 Å². The van der Waals surface area contributed by atoms with Gasteiger partial charge in [-0.1, -0.05) is 58.0 Å². The number of Topliss-reactive ketones (excluding diaryl/α,β-unsaturated/α-hetero) is 1.